The summed E-state index contributed by atoms with van der Waals surface area (Å²) in [7, 11) is 0. The summed E-state index contributed by atoms with van der Waals surface area (Å²) in [5.41, 5.74) is 12.6. The maximum absolute atomic E-state index is 8.40. The van der Waals surface area contributed by atoms with Crippen LogP contribution in [0.15, 0.2) is 176 Å². The van der Waals surface area contributed by atoms with Crippen LogP contribution in [0.5, 0.6) is 0 Å². The number of hydrogen-bond donors (Lipinski definition) is 0. The maximum Gasteiger partial charge on any atom is 0.196 e. The van der Waals surface area contributed by atoms with Crippen molar-refractivity contribution in [2.24, 2.45) is 0 Å². The molecular formula is C50H29N5. The van der Waals surface area contributed by atoms with Gasteiger partial charge in [-0.1, -0.05) is 109 Å². The van der Waals surface area contributed by atoms with Crippen LogP contribution in [0.3, 0.4) is 0 Å². The predicted molar refractivity (Wildman–Crippen MR) is 227 cm³/mol. The zero-order valence-corrected chi connectivity index (χ0v) is 29.5. The van der Waals surface area contributed by atoms with Gasteiger partial charge in [0, 0.05) is 54.9 Å². The second-order valence-corrected chi connectivity index (χ2v) is 14.0. The Morgan fingerprint density at radius 3 is 1.35 bits per heavy atom. The summed E-state index contributed by atoms with van der Waals surface area (Å²) in [6, 6.07) is 61.3. The Morgan fingerprint density at radius 1 is 0.327 bits per heavy atom. The van der Waals surface area contributed by atoms with E-state index < -0.39 is 0 Å². The van der Waals surface area contributed by atoms with Gasteiger partial charge in [0.15, 0.2) is 11.4 Å². The number of benzene rings is 8. The predicted octanol–water partition coefficient (Wildman–Crippen LogP) is 13.7. The molecule has 254 valence electrons. The summed E-state index contributed by atoms with van der Waals surface area (Å²) in [5, 5.41) is 7.02. The van der Waals surface area contributed by atoms with Gasteiger partial charge >= 0.3 is 0 Å². The maximum atomic E-state index is 8.40. The van der Waals surface area contributed by atoms with E-state index in [2.05, 4.69) is 169 Å². The highest BCUT2D eigenvalue weighted by atomic mass is 15.0. The SMILES string of the molecule is [C-]#[N+]c1ccc2c3ccccc3n(-c3cccc(-c4ccc(-n5c6ccccc6c6ccc(-n7c8ccccc8c8ccccc87)cc65)cc4[N+]#[C-])c3)c2c1. The van der Waals surface area contributed by atoms with Crippen molar-refractivity contribution in [2.45, 2.75) is 0 Å². The van der Waals surface area contributed by atoms with Gasteiger partial charge in [-0.3, -0.25) is 0 Å². The zero-order valence-electron chi connectivity index (χ0n) is 29.5. The van der Waals surface area contributed by atoms with Gasteiger partial charge in [0.05, 0.1) is 40.7 Å². The molecule has 8 aromatic carbocycles. The summed E-state index contributed by atoms with van der Waals surface area (Å²) >= 11 is 0. The monoisotopic (exact) mass is 699 g/mol. The van der Waals surface area contributed by atoms with Crippen LogP contribution in [-0.4, -0.2) is 13.7 Å². The molecular weight excluding hydrogens is 671 g/mol. The van der Waals surface area contributed by atoms with Crippen LogP contribution in [0.25, 0.3) is 103 Å². The van der Waals surface area contributed by atoms with Crippen molar-refractivity contribution >= 4 is 76.8 Å². The Labute approximate surface area is 316 Å². The molecule has 0 aliphatic heterocycles. The van der Waals surface area contributed by atoms with Crippen LogP contribution in [-0.2, 0) is 0 Å². The van der Waals surface area contributed by atoms with Crippen molar-refractivity contribution < 1.29 is 0 Å². The minimum Gasteiger partial charge on any atom is -0.310 e. The Balaban J connectivity index is 1.09. The lowest BCUT2D eigenvalue weighted by atomic mass is 10.0. The molecule has 0 amide bonds. The van der Waals surface area contributed by atoms with Crippen LogP contribution in [0, 0.1) is 13.1 Å². The van der Waals surface area contributed by atoms with Crippen molar-refractivity contribution in [3.05, 3.63) is 199 Å². The van der Waals surface area contributed by atoms with E-state index in [1.54, 1.807) is 0 Å². The van der Waals surface area contributed by atoms with Crippen LogP contribution < -0.4 is 0 Å². The molecule has 11 rings (SSSR count). The molecule has 0 unspecified atom stereocenters. The molecule has 0 spiro atoms. The summed E-state index contributed by atoms with van der Waals surface area (Å²) < 4.78 is 6.87. The van der Waals surface area contributed by atoms with Crippen LogP contribution in [0.4, 0.5) is 11.4 Å². The fraction of sp³-hybridized carbons (Fsp3) is 0. The van der Waals surface area contributed by atoms with Crippen molar-refractivity contribution in [2.75, 3.05) is 0 Å². The molecule has 0 fully saturated rings. The van der Waals surface area contributed by atoms with E-state index in [0.29, 0.717) is 11.4 Å². The molecule has 3 aromatic heterocycles. The first-order chi connectivity index (χ1) is 27.2. The van der Waals surface area contributed by atoms with E-state index in [0.717, 1.165) is 66.4 Å². The molecule has 0 bridgehead atoms. The van der Waals surface area contributed by atoms with Crippen molar-refractivity contribution in [3.8, 4) is 28.2 Å². The average molecular weight is 700 g/mol. The smallest absolute Gasteiger partial charge is 0.196 e. The van der Waals surface area contributed by atoms with E-state index in [9.17, 15) is 0 Å². The van der Waals surface area contributed by atoms with Crippen molar-refractivity contribution in [3.63, 3.8) is 0 Å². The lowest BCUT2D eigenvalue weighted by molar-refractivity contribution is 1.16. The number of nitrogens with zero attached hydrogens (tertiary/aromatic N) is 5. The largest absolute Gasteiger partial charge is 0.310 e. The van der Waals surface area contributed by atoms with Gasteiger partial charge in [-0.05, 0) is 77.9 Å². The first-order valence-corrected chi connectivity index (χ1v) is 18.3. The number of rotatable bonds is 4. The molecule has 0 radical (unpaired) electrons. The highest BCUT2D eigenvalue weighted by Crippen LogP contribution is 2.40. The first-order valence-electron chi connectivity index (χ1n) is 18.3. The normalized spacial score (nSPS) is 11.6. The molecule has 5 heteroatoms. The third-order valence-corrected chi connectivity index (χ3v) is 11.1. The van der Waals surface area contributed by atoms with Crippen molar-refractivity contribution in [1.82, 2.24) is 13.7 Å². The van der Waals surface area contributed by atoms with Gasteiger partial charge in [-0.15, -0.1) is 0 Å². The van der Waals surface area contributed by atoms with Crippen LogP contribution in [0.1, 0.15) is 0 Å². The van der Waals surface area contributed by atoms with E-state index in [1.165, 1.54) is 27.2 Å². The minimum atomic E-state index is 0.580. The third-order valence-electron chi connectivity index (χ3n) is 11.1. The van der Waals surface area contributed by atoms with Crippen LogP contribution in [0.2, 0.25) is 0 Å². The Kier molecular flexibility index (Phi) is 6.61. The quantitative estimate of drug-likeness (QED) is 0.163. The Hall–Kier alpha value is -7.86. The second-order valence-electron chi connectivity index (χ2n) is 14.0. The molecule has 0 N–H and O–H groups in total. The second kappa shape index (κ2) is 11.8. The molecule has 3 heterocycles. The lowest BCUT2D eigenvalue weighted by Gasteiger charge is -2.14. The molecule has 5 nitrogen and oxygen atoms in total. The van der Waals surface area contributed by atoms with Crippen molar-refractivity contribution in [1.29, 1.82) is 0 Å². The van der Waals surface area contributed by atoms with Gasteiger partial charge in [-0.2, -0.15) is 0 Å². The molecule has 0 aliphatic carbocycles. The minimum absolute atomic E-state index is 0.580. The average Bonchev–Trinajstić information content (AvgIpc) is 3.88. The molecule has 0 aliphatic rings. The lowest BCUT2D eigenvalue weighted by Crippen LogP contribution is -1.97. The highest BCUT2D eigenvalue weighted by Gasteiger charge is 2.18. The van der Waals surface area contributed by atoms with Gasteiger partial charge in [-0.25, -0.2) is 9.69 Å². The summed E-state index contributed by atoms with van der Waals surface area (Å²) in [5.74, 6) is 0. The topological polar surface area (TPSA) is 23.5 Å². The number of hydrogen-bond acceptors (Lipinski definition) is 0. The van der Waals surface area contributed by atoms with E-state index in [4.69, 9.17) is 13.1 Å². The fourth-order valence-corrected chi connectivity index (χ4v) is 8.69. The highest BCUT2D eigenvalue weighted by molar-refractivity contribution is 6.13. The molecule has 0 saturated heterocycles. The zero-order chi connectivity index (χ0) is 36.6. The standard InChI is InChI=1S/C50H29N5/c1-51-33-22-25-42-40-16-5-9-20-47(40)54(49(42)29-33)34-13-11-12-32(28-34)37-26-23-35(30-44(37)52-2)55-48-21-10-6-17-41(48)43-27-24-36(31-50(43)55)53-45-18-7-3-14-38(45)39-15-4-8-19-46(39)53/h3-31H. The summed E-state index contributed by atoms with van der Waals surface area (Å²) in [4.78, 5) is 7.83. The van der Waals surface area contributed by atoms with E-state index in [-0.39, 0.29) is 0 Å². The Morgan fingerprint density at radius 2 is 0.782 bits per heavy atom. The molecule has 55 heavy (non-hydrogen) atoms. The van der Waals surface area contributed by atoms with Gasteiger partial charge in [0.25, 0.3) is 0 Å². The summed E-state index contributed by atoms with van der Waals surface area (Å²) in [6.07, 6.45) is 0. The number of fused-ring (bicyclic) bond motifs is 9. The summed E-state index contributed by atoms with van der Waals surface area (Å²) in [6.45, 7) is 16.1. The van der Waals surface area contributed by atoms with Gasteiger partial charge in [0.1, 0.15) is 0 Å². The fourth-order valence-electron chi connectivity index (χ4n) is 8.69. The van der Waals surface area contributed by atoms with Gasteiger partial charge < -0.3 is 13.7 Å². The van der Waals surface area contributed by atoms with E-state index >= 15 is 0 Å². The van der Waals surface area contributed by atoms with Crippen LogP contribution >= 0.6 is 0 Å². The molecule has 0 atom stereocenters. The number of aromatic nitrogens is 3. The molecule has 0 saturated carbocycles. The van der Waals surface area contributed by atoms with E-state index in [1.807, 2.05) is 30.3 Å². The number of para-hydroxylation sites is 4. The van der Waals surface area contributed by atoms with Gasteiger partial charge in [0.2, 0.25) is 0 Å². The third kappa shape index (κ3) is 4.51. The first kappa shape index (κ1) is 30.7. The Bertz CT molecular complexity index is 3420. The molecule has 11 aromatic rings.